The number of rotatable bonds is 7. The highest BCUT2D eigenvalue weighted by molar-refractivity contribution is 6.33. The van der Waals surface area contributed by atoms with Gasteiger partial charge in [0.25, 0.3) is 0 Å². The lowest BCUT2D eigenvalue weighted by Gasteiger charge is -2.50. The Labute approximate surface area is 242 Å². The van der Waals surface area contributed by atoms with Crippen molar-refractivity contribution in [3.8, 4) is 0 Å². The second-order valence-electron chi connectivity index (χ2n) is 12.3. The molecule has 3 heterocycles. The van der Waals surface area contributed by atoms with Crippen LogP contribution in [0.15, 0.2) is 18.2 Å². The molecule has 0 amide bonds. The van der Waals surface area contributed by atoms with Gasteiger partial charge in [0.15, 0.2) is 5.82 Å². The van der Waals surface area contributed by atoms with Gasteiger partial charge < -0.3 is 20.2 Å². The molecule has 2 atom stereocenters. The van der Waals surface area contributed by atoms with Crippen LogP contribution in [-0.2, 0) is 4.79 Å². The monoisotopic (exact) mass is 573 g/mol. The Morgan fingerprint density at radius 3 is 2.49 bits per heavy atom. The molecule has 1 saturated carbocycles. The molecule has 2 aliphatic heterocycles. The summed E-state index contributed by atoms with van der Waals surface area (Å²) in [5.74, 6) is 2.04. The Morgan fingerprint density at radius 2 is 1.82 bits per heavy atom. The molecule has 0 unspecified atom stereocenters. The second-order valence-corrected chi connectivity index (χ2v) is 13.1. The molecule has 9 heteroatoms. The standard InChI is InChI=1S/C30H41Cl2N5O2/c1-18-7-8-24(25(31)14-18)19(2)33-27-26(32)20(3)34-29(35-27)37-11-5-6-22(17-37)21-9-12-36(13-10-21)23-15-30(4,16-23)28(38)39/h7-8,14,19,21-23H,5-6,9-13,15-17H2,1-4H3,(H,38,39)(H,33,34,35)/t19-,22+,23-,30-/m1/s1. The van der Waals surface area contributed by atoms with E-state index in [1.165, 1.54) is 19.3 Å². The Kier molecular flexibility index (Phi) is 8.33. The van der Waals surface area contributed by atoms with E-state index >= 15 is 0 Å². The summed E-state index contributed by atoms with van der Waals surface area (Å²) in [5.41, 5.74) is 2.38. The van der Waals surface area contributed by atoms with E-state index in [4.69, 9.17) is 33.2 Å². The van der Waals surface area contributed by atoms with Crippen LogP contribution in [0.4, 0.5) is 11.8 Å². The number of nitrogens with zero attached hydrogens (tertiary/aromatic N) is 4. The number of aromatic nitrogens is 2. The Balaban J connectivity index is 1.21. The van der Waals surface area contributed by atoms with E-state index in [0.29, 0.717) is 28.7 Å². The number of nitrogens with one attached hydrogen (secondary N) is 1. The van der Waals surface area contributed by atoms with Crippen LogP contribution in [0.3, 0.4) is 0 Å². The molecule has 2 saturated heterocycles. The minimum Gasteiger partial charge on any atom is -0.481 e. The molecular weight excluding hydrogens is 533 g/mol. The highest BCUT2D eigenvalue weighted by Gasteiger charge is 2.49. The number of carboxylic acid groups (broad SMARTS) is 1. The number of hydrogen-bond donors (Lipinski definition) is 2. The Morgan fingerprint density at radius 1 is 1.10 bits per heavy atom. The third kappa shape index (κ3) is 6.01. The molecule has 1 aromatic heterocycles. The molecule has 5 rings (SSSR count). The molecule has 2 N–H and O–H groups in total. The van der Waals surface area contributed by atoms with E-state index < -0.39 is 11.4 Å². The summed E-state index contributed by atoms with van der Waals surface area (Å²) in [7, 11) is 0. The van der Waals surface area contributed by atoms with Crippen molar-refractivity contribution < 1.29 is 9.90 Å². The third-order valence-corrected chi connectivity index (χ3v) is 10.1. The highest BCUT2D eigenvalue weighted by atomic mass is 35.5. The van der Waals surface area contributed by atoms with Gasteiger partial charge >= 0.3 is 5.97 Å². The van der Waals surface area contributed by atoms with E-state index in [-0.39, 0.29) is 6.04 Å². The van der Waals surface area contributed by atoms with Gasteiger partial charge in [-0.05, 0) is 108 Å². The predicted molar refractivity (Wildman–Crippen MR) is 158 cm³/mol. The molecule has 1 aliphatic carbocycles. The van der Waals surface area contributed by atoms with Crippen LogP contribution in [0, 0.1) is 31.1 Å². The number of likely N-dealkylation sites (tertiary alicyclic amines) is 1. The van der Waals surface area contributed by atoms with Crippen molar-refractivity contribution in [2.75, 3.05) is 36.4 Å². The molecule has 3 fully saturated rings. The van der Waals surface area contributed by atoms with Crippen molar-refractivity contribution in [1.82, 2.24) is 14.9 Å². The molecule has 212 valence electrons. The lowest BCUT2D eigenvalue weighted by molar-refractivity contribution is -0.158. The number of hydrogen-bond acceptors (Lipinski definition) is 6. The molecular formula is C30H41Cl2N5O2. The summed E-state index contributed by atoms with van der Waals surface area (Å²) in [4.78, 5) is 26.1. The van der Waals surface area contributed by atoms with Crippen molar-refractivity contribution >= 4 is 40.9 Å². The van der Waals surface area contributed by atoms with Gasteiger partial charge in [-0.2, -0.15) is 4.98 Å². The van der Waals surface area contributed by atoms with Crippen LogP contribution in [-0.4, -0.2) is 58.2 Å². The first-order valence-corrected chi connectivity index (χ1v) is 15.1. The summed E-state index contributed by atoms with van der Waals surface area (Å²) in [5, 5.41) is 14.2. The number of aliphatic carboxylic acids is 1. The first-order chi connectivity index (χ1) is 18.5. The van der Waals surface area contributed by atoms with Crippen LogP contribution < -0.4 is 10.2 Å². The van der Waals surface area contributed by atoms with E-state index in [1.54, 1.807) is 0 Å². The number of anilines is 2. The maximum absolute atomic E-state index is 11.5. The fraction of sp³-hybridized carbons (Fsp3) is 0.633. The average molecular weight is 575 g/mol. The number of aryl methyl sites for hydroxylation is 2. The summed E-state index contributed by atoms with van der Waals surface area (Å²) in [6.07, 6.45) is 6.29. The number of piperidine rings is 2. The van der Waals surface area contributed by atoms with E-state index in [2.05, 4.69) is 34.2 Å². The van der Waals surface area contributed by atoms with Gasteiger partial charge in [-0.15, -0.1) is 0 Å². The average Bonchev–Trinajstić information content (AvgIpc) is 2.89. The van der Waals surface area contributed by atoms with Crippen molar-refractivity contribution in [1.29, 1.82) is 0 Å². The van der Waals surface area contributed by atoms with Crippen LogP contribution >= 0.6 is 23.2 Å². The van der Waals surface area contributed by atoms with Gasteiger partial charge in [-0.1, -0.05) is 35.3 Å². The summed E-state index contributed by atoms with van der Waals surface area (Å²) < 4.78 is 0. The maximum atomic E-state index is 11.5. The van der Waals surface area contributed by atoms with Crippen LogP contribution in [0.2, 0.25) is 10.0 Å². The van der Waals surface area contributed by atoms with E-state index in [0.717, 1.165) is 73.2 Å². The molecule has 0 spiro atoms. The summed E-state index contributed by atoms with van der Waals surface area (Å²) in [6, 6.07) is 6.47. The minimum atomic E-state index is -0.651. The largest absolute Gasteiger partial charge is 0.481 e. The molecule has 2 aromatic rings. The first-order valence-electron chi connectivity index (χ1n) is 14.3. The van der Waals surface area contributed by atoms with Crippen LogP contribution in [0.25, 0.3) is 0 Å². The molecule has 0 bridgehead atoms. The van der Waals surface area contributed by atoms with Crippen molar-refractivity contribution in [3.05, 3.63) is 45.1 Å². The maximum Gasteiger partial charge on any atom is 0.309 e. The lowest BCUT2D eigenvalue weighted by Crippen LogP contribution is -2.55. The topological polar surface area (TPSA) is 81.6 Å². The third-order valence-electron chi connectivity index (χ3n) is 9.37. The van der Waals surface area contributed by atoms with Crippen molar-refractivity contribution in [2.24, 2.45) is 17.3 Å². The smallest absolute Gasteiger partial charge is 0.309 e. The Hall–Kier alpha value is -2.09. The number of carboxylic acids is 1. The molecule has 3 aliphatic rings. The zero-order chi connectivity index (χ0) is 27.9. The molecule has 7 nitrogen and oxygen atoms in total. The number of benzene rings is 1. The van der Waals surface area contributed by atoms with Gasteiger partial charge in [0.1, 0.15) is 5.02 Å². The predicted octanol–water partition coefficient (Wildman–Crippen LogP) is 6.76. The van der Waals surface area contributed by atoms with Gasteiger partial charge in [0.05, 0.1) is 17.2 Å². The van der Waals surface area contributed by atoms with Gasteiger partial charge in [-0.25, -0.2) is 4.98 Å². The Bertz CT molecular complexity index is 1210. The van der Waals surface area contributed by atoms with Crippen molar-refractivity contribution in [2.45, 2.75) is 78.3 Å². The fourth-order valence-corrected chi connectivity index (χ4v) is 7.33. The zero-order valence-corrected chi connectivity index (χ0v) is 25.0. The van der Waals surface area contributed by atoms with Gasteiger partial charge in [-0.3, -0.25) is 4.79 Å². The highest BCUT2D eigenvalue weighted by Crippen LogP contribution is 2.45. The van der Waals surface area contributed by atoms with E-state index in [1.807, 2.05) is 26.8 Å². The second kappa shape index (κ2) is 11.4. The number of halogens is 2. The van der Waals surface area contributed by atoms with Crippen LogP contribution in [0.1, 0.15) is 75.2 Å². The first kappa shape index (κ1) is 28.4. The molecule has 0 radical (unpaired) electrons. The van der Waals surface area contributed by atoms with Crippen LogP contribution in [0.5, 0.6) is 0 Å². The van der Waals surface area contributed by atoms with Crippen molar-refractivity contribution in [3.63, 3.8) is 0 Å². The van der Waals surface area contributed by atoms with Gasteiger partial charge in [0.2, 0.25) is 5.95 Å². The SMILES string of the molecule is Cc1ccc([C@@H](C)Nc2nc(N3CCC[C@H](C4CCN([C@H]5C[C@](C)(C(=O)O)C5)CC4)C3)nc(C)c2Cl)c(Cl)c1. The van der Waals surface area contributed by atoms with E-state index in [9.17, 15) is 9.90 Å². The number of carbonyl (C=O) groups is 1. The normalized spacial score (nSPS) is 27.2. The molecule has 39 heavy (non-hydrogen) atoms. The fourth-order valence-electron chi connectivity index (χ4n) is 6.79. The minimum absolute atomic E-state index is 0.0546. The lowest BCUT2D eigenvalue weighted by atomic mass is 9.65. The van der Waals surface area contributed by atoms with Gasteiger partial charge in [0, 0.05) is 24.2 Å². The quantitative estimate of drug-likeness (QED) is 0.378. The summed E-state index contributed by atoms with van der Waals surface area (Å²) >= 11 is 13.2. The molecule has 1 aromatic carbocycles. The zero-order valence-electron chi connectivity index (χ0n) is 23.5. The summed E-state index contributed by atoms with van der Waals surface area (Å²) in [6.45, 7) is 12.0.